The summed E-state index contributed by atoms with van der Waals surface area (Å²) in [5, 5.41) is 3.06. The molecule has 0 saturated carbocycles. The van der Waals surface area contributed by atoms with E-state index in [9.17, 15) is 13.2 Å². The largest absolute Gasteiger partial charge is 0.416 e. The lowest BCUT2D eigenvalue weighted by Crippen LogP contribution is -2.24. The van der Waals surface area contributed by atoms with Crippen molar-refractivity contribution in [2.45, 2.75) is 20.0 Å². The molecule has 0 aliphatic rings. The van der Waals surface area contributed by atoms with Gasteiger partial charge in [-0.3, -0.25) is 0 Å². The Morgan fingerprint density at radius 1 is 1.12 bits per heavy atom. The quantitative estimate of drug-likeness (QED) is 0.797. The first-order valence-electron chi connectivity index (χ1n) is 5.22. The number of halogens is 4. The van der Waals surface area contributed by atoms with Gasteiger partial charge in [-0.15, -0.1) is 11.6 Å². The van der Waals surface area contributed by atoms with E-state index < -0.39 is 11.7 Å². The van der Waals surface area contributed by atoms with E-state index in [0.29, 0.717) is 18.1 Å². The first-order chi connectivity index (χ1) is 7.74. The second-order valence-electron chi connectivity index (χ2n) is 4.73. The van der Waals surface area contributed by atoms with E-state index in [1.165, 1.54) is 12.1 Å². The van der Waals surface area contributed by atoms with E-state index in [-0.39, 0.29) is 5.41 Å². The molecule has 5 heteroatoms. The predicted molar refractivity (Wildman–Crippen MR) is 64.4 cm³/mol. The molecule has 0 saturated heterocycles. The Labute approximate surface area is 104 Å². The number of nitrogens with one attached hydrogen (secondary N) is 1. The Morgan fingerprint density at radius 3 is 2.06 bits per heavy atom. The van der Waals surface area contributed by atoms with E-state index >= 15 is 0 Å². The number of hydrogen-bond acceptors (Lipinski definition) is 1. The average Bonchev–Trinajstić information content (AvgIpc) is 2.26. The standard InChI is InChI=1S/C12H15ClF3N/c1-11(2,7-13)8-17-10-5-3-9(4-6-10)12(14,15)16/h3-6,17H,7-8H2,1-2H3. The maximum atomic E-state index is 12.3. The van der Waals surface area contributed by atoms with Crippen molar-refractivity contribution >= 4 is 17.3 Å². The Balaban J connectivity index is 2.64. The Kier molecular flexibility index (Phi) is 4.31. The van der Waals surface area contributed by atoms with E-state index in [0.717, 1.165) is 12.1 Å². The smallest absolute Gasteiger partial charge is 0.384 e. The van der Waals surface area contributed by atoms with Crippen LogP contribution in [0.15, 0.2) is 24.3 Å². The first-order valence-corrected chi connectivity index (χ1v) is 5.75. The van der Waals surface area contributed by atoms with Crippen molar-refractivity contribution < 1.29 is 13.2 Å². The minimum atomic E-state index is -4.28. The third-order valence-electron chi connectivity index (χ3n) is 2.35. The van der Waals surface area contributed by atoms with Gasteiger partial charge in [-0.1, -0.05) is 13.8 Å². The van der Waals surface area contributed by atoms with Gasteiger partial charge < -0.3 is 5.32 Å². The van der Waals surface area contributed by atoms with Gasteiger partial charge in [0.1, 0.15) is 0 Å². The van der Waals surface area contributed by atoms with Crippen LogP contribution >= 0.6 is 11.6 Å². The second kappa shape index (κ2) is 5.17. The number of benzene rings is 1. The van der Waals surface area contributed by atoms with Gasteiger partial charge in [0.15, 0.2) is 0 Å². The summed E-state index contributed by atoms with van der Waals surface area (Å²) in [5.41, 5.74) is -0.0691. The fourth-order valence-corrected chi connectivity index (χ4v) is 1.26. The first kappa shape index (κ1) is 14.2. The average molecular weight is 266 g/mol. The number of rotatable bonds is 4. The van der Waals surface area contributed by atoms with Crippen molar-refractivity contribution in [2.24, 2.45) is 5.41 Å². The molecule has 0 radical (unpaired) electrons. The highest BCUT2D eigenvalue weighted by Gasteiger charge is 2.29. The predicted octanol–water partition coefficient (Wildman–Crippen LogP) is 4.38. The monoisotopic (exact) mass is 265 g/mol. The van der Waals surface area contributed by atoms with Crippen LogP contribution in [0.1, 0.15) is 19.4 Å². The van der Waals surface area contributed by atoms with Crippen LogP contribution in [0.3, 0.4) is 0 Å². The van der Waals surface area contributed by atoms with Crippen LogP contribution < -0.4 is 5.32 Å². The zero-order chi connectivity index (χ0) is 13.1. The lowest BCUT2D eigenvalue weighted by molar-refractivity contribution is -0.137. The highest BCUT2D eigenvalue weighted by molar-refractivity contribution is 6.18. The number of hydrogen-bond donors (Lipinski definition) is 1. The molecule has 1 rings (SSSR count). The molecule has 0 amide bonds. The molecule has 0 aliphatic carbocycles. The van der Waals surface area contributed by atoms with Gasteiger partial charge in [0.25, 0.3) is 0 Å². The topological polar surface area (TPSA) is 12.0 Å². The van der Waals surface area contributed by atoms with Gasteiger partial charge in [0.2, 0.25) is 0 Å². The third-order valence-corrected chi connectivity index (χ3v) is 3.07. The lowest BCUT2D eigenvalue weighted by Gasteiger charge is -2.22. The number of anilines is 1. The molecule has 1 N–H and O–H groups in total. The Bertz CT molecular complexity index is 357. The van der Waals surface area contributed by atoms with Gasteiger partial charge >= 0.3 is 6.18 Å². The summed E-state index contributed by atoms with van der Waals surface area (Å²) >= 11 is 5.76. The van der Waals surface area contributed by atoms with Crippen molar-refractivity contribution in [3.05, 3.63) is 29.8 Å². The van der Waals surface area contributed by atoms with Crippen molar-refractivity contribution in [2.75, 3.05) is 17.7 Å². The van der Waals surface area contributed by atoms with Crippen LogP contribution in [0.2, 0.25) is 0 Å². The van der Waals surface area contributed by atoms with Crippen LogP contribution in [0, 0.1) is 5.41 Å². The summed E-state index contributed by atoms with van der Waals surface area (Å²) in [6.07, 6.45) is -4.28. The van der Waals surface area contributed by atoms with Crippen LogP contribution in [0.4, 0.5) is 18.9 Å². The molecule has 0 unspecified atom stereocenters. The van der Waals surface area contributed by atoms with Crippen LogP contribution in [-0.2, 0) is 6.18 Å². The van der Waals surface area contributed by atoms with Gasteiger partial charge in [0.05, 0.1) is 5.56 Å². The van der Waals surface area contributed by atoms with Crippen LogP contribution in [0.25, 0.3) is 0 Å². The van der Waals surface area contributed by atoms with Crippen molar-refractivity contribution in [3.63, 3.8) is 0 Å². The van der Waals surface area contributed by atoms with E-state index in [1.807, 2.05) is 13.8 Å². The molecule has 1 aromatic rings. The maximum Gasteiger partial charge on any atom is 0.416 e. The van der Waals surface area contributed by atoms with Crippen molar-refractivity contribution in [3.8, 4) is 0 Å². The normalized spacial score (nSPS) is 12.6. The van der Waals surface area contributed by atoms with E-state index in [1.54, 1.807) is 0 Å². The molecule has 0 spiro atoms. The highest BCUT2D eigenvalue weighted by atomic mass is 35.5. The summed E-state index contributed by atoms with van der Waals surface area (Å²) < 4.78 is 36.9. The molecule has 96 valence electrons. The second-order valence-corrected chi connectivity index (χ2v) is 4.99. The molecule has 0 aliphatic heterocycles. The van der Waals surface area contributed by atoms with E-state index in [4.69, 9.17) is 11.6 Å². The number of alkyl halides is 4. The van der Waals surface area contributed by atoms with E-state index in [2.05, 4.69) is 5.32 Å². The van der Waals surface area contributed by atoms with Gasteiger partial charge in [0, 0.05) is 18.1 Å². The molecule has 0 atom stereocenters. The minimum absolute atomic E-state index is 0.0930. The molecule has 0 aromatic heterocycles. The summed E-state index contributed by atoms with van der Waals surface area (Å²) in [7, 11) is 0. The fraction of sp³-hybridized carbons (Fsp3) is 0.500. The Hall–Kier alpha value is -0.900. The van der Waals surface area contributed by atoms with Gasteiger partial charge in [-0.25, -0.2) is 0 Å². The lowest BCUT2D eigenvalue weighted by atomic mass is 9.96. The minimum Gasteiger partial charge on any atom is -0.384 e. The molecule has 0 fully saturated rings. The Morgan fingerprint density at radius 2 is 1.65 bits per heavy atom. The summed E-state index contributed by atoms with van der Waals surface area (Å²) in [4.78, 5) is 0. The molecular weight excluding hydrogens is 251 g/mol. The van der Waals surface area contributed by atoms with Crippen molar-refractivity contribution in [1.82, 2.24) is 0 Å². The summed E-state index contributed by atoms with van der Waals surface area (Å²) in [6.45, 7) is 4.58. The zero-order valence-corrected chi connectivity index (χ0v) is 10.5. The molecular formula is C12H15ClF3N. The van der Waals surface area contributed by atoms with Gasteiger partial charge in [-0.05, 0) is 29.7 Å². The van der Waals surface area contributed by atoms with Gasteiger partial charge in [-0.2, -0.15) is 13.2 Å². The fourth-order valence-electron chi connectivity index (χ4n) is 1.17. The third kappa shape index (κ3) is 4.46. The van der Waals surface area contributed by atoms with Crippen molar-refractivity contribution in [1.29, 1.82) is 0 Å². The highest BCUT2D eigenvalue weighted by Crippen LogP contribution is 2.30. The summed E-state index contributed by atoms with van der Waals surface area (Å²) in [6, 6.07) is 4.98. The molecule has 1 nitrogen and oxygen atoms in total. The molecule has 0 heterocycles. The molecule has 0 bridgehead atoms. The van der Waals surface area contributed by atoms with Crippen LogP contribution in [-0.4, -0.2) is 12.4 Å². The zero-order valence-electron chi connectivity index (χ0n) is 9.74. The molecule has 17 heavy (non-hydrogen) atoms. The maximum absolute atomic E-state index is 12.3. The van der Waals surface area contributed by atoms with Crippen LogP contribution in [0.5, 0.6) is 0 Å². The molecule has 1 aromatic carbocycles. The summed E-state index contributed by atoms with van der Waals surface area (Å²) in [5.74, 6) is 0.487. The SMILES string of the molecule is CC(C)(CCl)CNc1ccc(C(F)(F)F)cc1.